The number of aromatic nitrogens is 4. The molecule has 13 heteroatoms. The van der Waals surface area contributed by atoms with E-state index in [0.29, 0.717) is 0 Å². The fourth-order valence-corrected chi connectivity index (χ4v) is 3.38. The first-order chi connectivity index (χ1) is 13.7. The number of carbonyl (C=O) groups excluding carboxylic acids is 3. The van der Waals surface area contributed by atoms with Crippen molar-refractivity contribution in [3.05, 3.63) is 16.8 Å². The normalized spacial score (nSPS) is 23.8. The third kappa shape index (κ3) is 4.57. The summed E-state index contributed by atoms with van der Waals surface area (Å²) >= 11 is 11.9. The summed E-state index contributed by atoms with van der Waals surface area (Å²) in [6.45, 7) is 3.38. The highest BCUT2D eigenvalue weighted by Crippen LogP contribution is 2.36. The van der Waals surface area contributed by atoms with Crippen molar-refractivity contribution in [3.8, 4) is 0 Å². The first-order valence-corrected chi connectivity index (χ1v) is 9.11. The van der Waals surface area contributed by atoms with Crippen molar-refractivity contribution >= 4 is 52.3 Å². The van der Waals surface area contributed by atoms with E-state index in [0.717, 1.165) is 0 Å². The minimum atomic E-state index is -1.08. The van der Waals surface area contributed by atoms with E-state index >= 15 is 0 Å². The Balaban J connectivity index is 2.04. The van der Waals surface area contributed by atoms with Crippen molar-refractivity contribution < 1.29 is 33.3 Å². The molecule has 11 nitrogen and oxygen atoms in total. The molecular formula is C16H16Cl2N4O7. The van der Waals surface area contributed by atoms with Crippen LogP contribution in [0.15, 0.2) is 6.33 Å². The summed E-state index contributed by atoms with van der Waals surface area (Å²) in [5.74, 6) is -1.82. The Bertz CT molecular complexity index is 966. The molecule has 3 heterocycles. The Labute approximate surface area is 174 Å². The van der Waals surface area contributed by atoms with Gasteiger partial charge in [-0.1, -0.05) is 11.6 Å². The molecule has 1 aliphatic rings. The molecule has 1 unspecified atom stereocenters. The zero-order valence-electron chi connectivity index (χ0n) is 15.5. The molecule has 1 fully saturated rings. The minimum absolute atomic E-state index is 0.0220. The molecule has 0 spiro atoms. The van der Waals surface area contributed by atoms with Crippen molar-refractivity contribution in [3.63, 3.8) is 0 Å². The highest BCUT2D eigenvalue weighted by molar-refractivity contribution is 6.35. The van der Waals surface area contributed by atoms with Gasteiger partial charge in [0.25, 0.3) is 0 Å². The van der Waals surface area contributed by atoms with E-state index in [1.54, 1.807) is 0 Å². The van der Waals surface area contributed by atoms with Gasteiger partial charge in [-0.3, -0.25) is 19.0 Å². The van der Waals surface area contributed by atoms with E-state index in [1.165, 1.54) is 31.7 Å². The van der Waals surface area contributed by atoms with Crippen LogP contribution < -0.4 is 0 Å². The summed E-state index contributed by atoms with van der Waals surface area (Å²) in [5, 5.41) is -0.104. The number of halogens is 2. The molecule has 0 bridgehead atoms. The molecule has 156 valence electrons. The summed E-state index contributed by atoms with van der Waals surface area (Å²) in [5.41, 5.74) is 0.459. The van der Waals surface area contributed by atoms with Gasteiger partial charge in [-0.15, -0.1) is 0 Å². The lowest BCUT2D eigenvalue weighted by Crippen LogP contribution is -2.40. The zero-order valence-corrected chi connectivity index (χ0v) is 17.0. The van der Waals surface area contributed by atoms with Crippen LogP contribution in [0.3, 0.4) is 0 Å². The van der Waals surface area contributed by atoms with Crippen LogP contribution in [0.2, 0.25) is 10.4 Å². The number of esters is 3. The van der Waals surface area contributed by atoms with E-state index in [-0.39, 0.29) is 28.2 Å². The predicted octanol–water partition coefficient (Wildman–Crippen LogP) is 1.46. The maximum atomic E-state index is 11.7. The highest BCUT2D eigenvalue weighted by atomic mass is 35.5. The Kier molecular flexibility index (Phi) is 6.20. The lowest BCUT2D eigenvalue weighted by atomic mass is 10.1. The number of ether oxygens (including phenoxy) is 4. The molecule has 0 aliphatic carbocycles. The second-order valence-corrected chi connectivity index (χ2v) is 6.82. The van der Waals surface area contributed by atoms with E-state index in [9.17, 15) is 14.4 Å². The average molecular weight is 447 g/mol. The largest absolute Gasteiger partial charge is 0.463 e. The smallest absolute Gasteiger partial charge is 0.303 e. The molecule has 4 atom stereocenters. The van der Waals surface area contributed by atoms with Gasteiger partial charge in [-0.05, 0) is 11.6 Å². The van der Waals surface area contributed by atoms with Crippen LogP contribution in [-0.2, 0) is 33.3 Å². The SMILES string of the molecule is CC(=O)OC[C@H]1O[C@@H](n2cnc3c(Cl)nc(Cl)nc32)C(OC(C)=O)[C@H]1OC(C)=O. The van der Waals surface area contributed by atoms with Crippen LogP contribution in [0.1, 0.15) is 27.0 Å². The summed E-state index contributed by atoms with van der Waals surface area (Å²) < 4.78 is 23.0. The van der Waals surface area contributed by atoms with E-state index in [2.05, 4.69) is 15.0 Å². The lowest BCUT2D eigenvalue weighted by molar-refractivity contribution is -0.166. The topological polar surface area (TPSA) is 132 Å². The van der Waals surface area contributed by atoms with Gasteiger partial charge < -0.3 is 18.9 Å². The molecule has 2 aromatic rings. The Morgan fingerprint density at radius 3 is 2.34 bits per heavy atom. The summed E-state index contributed by atoms with van der Waals surface area (Å²) in [6, 6.07) is 0. The first-order valence-electron chi connectivity index (χ1n) is 8.36. The van der Waals surface area contributed by atoms with Gasteiger partial charge in [0.1, 0.15) is 18.2 Å². The number of nitrogens with zero attached hydrogens (tertiary/aromatic N) is 4. The van der Waals surface area contributed by atoms with Gasteiger partial charge in [0, 0.05) is 20.8 Å². The molecular weight excluding hydrogens is 431 g/mol. The zero-order chi connectivity index (χ0) is 21.3. The summed E-state index contributed by atoms with van der Waals surface area (Å²) in [6.07, 6.45) is -2.71. The molecule has 0 radical (unpaired) electrons. The molecule has 1 saturated heterocycles. The predicted molar refractivity (Wildman–Crippen MR) is 97.0 cm³/mol. The van der Waals surface area contributed by atoms with Crippen LogP contribution in [-0.4, -0.2) is 62.3 Å². The van der Waals surface area contributed by atoms with Gasteiger partial charge >= 0.3 is 17.9 Å². The molecule has 29 heavy (non-hydrogen) atoms. The number of carbonyl (C=O) groups is 3. The maximum absolute atomic E-state index is 11.7. The Hall–Kier alpha value is -2.50. The average Bonchev–Trinajstić information content (AvgIpc) is 3.15. The van der Waals surface area contributed by atoms with E-state index < -0.39 is 42.4 Å². The summed E-state index contributed by atoms with van der Waals surface area (Å²) in [4.78, 5) is 46.6. The molecule has 0 N–H and O–H groups in total. The highest BCUT2D eigenvalue weighted by Gasteiger charge is 2.51. The molecule has 0 saturated carbocycles. The van der Waals surface area contributed by atoms with Gasteiger partial charge in [0.05, 0.1) is 6.33 Å². The second-order valence-electron chi connectivity index (χ2n) is 6.12. The fourth-order valence-electron chi connectivity index (χ4n) is 2.96. The lowest BCUT2D eigenvalue weighted by Gasteiger charge is -2.23. The Morgan fingerprint density at radius 2 is 1.72 bits per heavy atom. The van der Waals surface area contributed by atoms with Crippen LogP contribution in [0, 0.1) is 0 Å². The van der Waals surface area contributed by atoms with Crippen LogP contribution in [0.4, 0.5) is 0 Å². The molecule has 0 aromatic carbocycles. The number of hydrogen-bond donors (Lipinski definition) is 0. The molecule has 0 amide bonds. The van der Waals surface area contributed by atoms with Gasteiger partial charge in [0.15, 0.2) is 29.2 Å². The van der Waals surface area contributed by atoms with Gasteiger partial charge in [-0.2, -0.15) is 4.98 Å². The standard InChI is InChI=1S/C16H16Cl2N4O7/c1-6(23)26-4-9-11(27-7(2)24)12(28-8(3)25)15(29-9)22-5-19-10-13(17)20-16(18)21-14(10)22/h5,9,11-12,15H,4H2,1-3H3/t9-,11+,12?,15-/m1/s1. The van der Waals surface area contributed by atoms with E-state index in [4.69, 9.17) is 42.1 Å². The quantitative estimate of drug-likeness (QED) is 0.287. The number of fused-ring (bicyclic) bond motifs is 1. The van der Waals surface area contributed by atoms with Gasteiger partial charge in [-0.25, -0.2) is 9.97 Å². The van der Waals surface area contributed by atoms with Crippen molar-refractivity contribution in [1.82, 2.24) is 19.5 Å². The van der Waals surface area contributed by atoms with Crippen molar-refractivity contribution in [2.75, 3.05) is 6.61 Å². The van der Waals surface area contributed by atoms with Crippen molar-refractivity contribution in [2.45, 2.75) is 45.3 Å². The van der Waals surface area contributed by atoms with Crippen molar-refractivity contribution in [1.29, 1.82) is 0 Å². The van der Waals surface area contributed by atoms with Gasteiger partial charge in [0.2, 0.25) is 5.28 Å². The van der Waals surface area contributed by atoms with Crippen LogP contribution in [0.5, 0.6) is 0 Å². The number of rotatable bonds is 5. The first kappa shape index (κ1) is 21.2. The fraction of sp³-hybridized carbons (Fsp3) is 0.500. The third-order valence-corrected chi connectivity index (χ3v) is 4.40. The minimum Gasteiger partial charge on any atom is -0.463 e. The van der Waals surface area contributed by atoms with Crippen LogP contribution >= 0.6 is 23.2 Å². The number of imidazole rings is 1. The second kappa shape index (κ2) is 8.47. The van der Waals surface area contributed by atoms with E-state index in [1.807, 2.05) is 0 Å². The number of hydrogen-bond acceptors (Lipinski definition) is 10. The molecule has 3 rings (SSSR count). The maximum Gasteiger partial charge on any atom is 0.303 e. The molecule has 1 aliphatic heterocycles. The monoisotopic (exact) mass is 446 g/mol. The third-order valence-electron chi connectivity index (χ3n) is 3.97. The molecule has 2 aromatic heterocycles. The van der Waals surface area contributed by atoms with Crippen LogP contribution in [0.25, 0.3) is 11.2 Å². The van der Waals surface area contributed by atoms with Crippen molar-refractivity contribution in [2.24, 2.45) is 0 Å². The Morgan fingerprint density at radius 1 is 1.07 bits per heavy atom. The summed E-state index contributed by atoms with van der Waals surface area (Å²) in [7, 11) is 0.